The summed E-state index contributed by atoms with van der Waals surface area (Å²) in [7, 11) is 0. The first-order chi connectivity index (χ1) is 10.6. The minimum atomic E-state index is -0.978. The molecule has 110 valence electrons. The van der Waals surface area contributed by atoms with Gasteiger partial charge in [-0.05, 0) is 28.1 Å². The predicted octanol–water partition coefficient (Wildman–Crippen LogP) is 4.39. The van der Waals surface area contributed by atoms with E-state index < -0.39 is 11.6 Å². The van der Waals surface area contributed by atoms with Gasteiger partial charge in [0, 0.05) is 11.6 Å². The summed E-state index contributed by atoms with van der Waals surface area (Å²) in [5.41, 5.74) is 1.88. The highest BCUT2D eigenvalue weighted by molar-refractivity contribution is 9.10. The molecule has 3 aromatic rings. The average Bonchev–Trinajstić information content (AvgIpc) is 2.87. The molecule has 0 aliphatic carbocycles. The Bertz CT molecular complexity index is 847. The van der Waals surface area contributed by atoms with E-state index in [1.807, 2.05) is 30.3 Å². The van der Waals surface area contributed by atoms with Crippen LogP contribution in [0.3, 0.4) is 0 Å². The first kappa shape index (κ1) is 14.6. The van der Waals surface area contributed by atoms with Crippen molar-refractivity contribution in [3.05, 3.63) is 70.3 Å². The van der Waals surface area contributed by atoms with E-state index in [9.17, 15) is 13.6 Å². The van der Waals surface area contributed by atoms with E-state index in [1.54, 1.807) is 0 Å². The van der Waals surface area contributed by atoms with Crippen LogP contribution in [0.15, 0.2) is 53.1 Å². The minimum absolute atomic E-state index is 0.316. The third kappa shape index (κ3) is 2.46. The number of nitrogens with zero attached hydrogens (tertiary/aromatic N) is 2. The first-order valence-corrected chi connectivity index (χ1v) is 7.15. The van der Waals surface area contributed by atoms with Crippen LogP contribution in [0.25, 0.3) is 16.9 Å². The second kappa shape index (κ2) is 5.81. The third-order valence-corrected chi connectivity index (χ3v) is 3.94. The fourth-order valence-electron chi connectivity index (χ4n) is 2.11. The summed E-state index contributed by atoms with van der Waals surface area (Å²) in [6.07, 6.45) is 0.676. The molecular weight excluding hydrogens is 354 g/mol. The molecule has 0 unspecified atom stereocenters. The molecule has 22 heavy (non-hydrogen) atoms. The van der Waals surface area contributed by atoms with E-state index in [-0.39, 0.29) is 0 Å². The SMILES string of the molecule is O=Cc1c(-c2ccccc2)nn(-c2ccc(F)c(F)c2)c1Br. The Labute approximate surface area is 133 Å². The highest BCUT2D eigenvalue weighted by Gasteiger charge is 2.18. The molecule has 3 nitrogen and oxygen atoms in total. The Balaban J connectivity index is 2.20. The summed E-state index contributed by atoms with van der Waals surface area (Å²) in [4.78, 5) is 11.4. The number of halogens is 3. The Morgan fingerprint density at radius 3 is 2.41 bits per heavy atom. The van der Waals surface area contributed by atoms with Gasteiger partial charge in [-0.3, -0.25) is 4.79 Å². The second-order valence-corrected chi connectivity index (χ2v) is 5.30. The van der Waals surface area contributed by atoms with Crippen LogP contribution in [0.5, 0.6) is 0 Å². The van der Waals surface area contributed by atoms with Crippen molar-refractivity contribution >= 4 is 22.2 Å². The van der Waals surface area contributed by atoms with Gasteiger partial charge in [-0.15, -0.1) is 0 Å². The summed E-state index contributed by atoms with van der Waals surface area (Å²) in [6, 6.07) is 12.6. The number of rotatable bonds is 3. The molecular formula is C16H9BrF2N2O. The van der Waals surface area contributed by atoms with Gasteiger partial charge in [-0.1, -0.05) is 30.3 Å². The average molecular weight is 363 g/mol. The maximum Gasteiger partial charge on any atom is 0.160 e. The zero-order chi connectivity index (χ0) is 15.7. The Hall–Kier alpha value is -2.34. The number of aromatic nitrogens is 2. The molecule has 0 bridgehead atoms. The molecule has 1 aromatic heterocycles. The largest absolute Gasteiger partial charge is 0.298 e. The van der Waals surface area contributed by atoms with Crippen LogP contribution < -0.4 is 0 Å². The van der Waals surface area contributed by atoms with Crippen LogP contribution in [0, 0.1) is 11.6 Å². The lowest BCUT2D eigenvalue weighted by molar-refractivity contribution is 0.112. The molecule has 0 N–H and O–H groups in total. The third-order valence-electron chi connectivity index (χ3n) is 3.18. The van der Waals surface area contributed by atoms with E-state index in [1.165, 1.54) is 10.7 Å². The Morgan fingerprint density at radius 2 is 1.77 bits per heavy atom. The summed E-state index contributed by atoms with van der Waals surface area (Å²) in [6.45, 7) is 0. The highest BCUT2D eigenvalue weighted by atomic mass is 79.9. The maximum absolute atomic E-state index is 13.4. The zero-order valence-corrected chi connectivity index (χ0v) is 12.7. The highest BCUT2D eigenvalue weighted by Crippen LogP contribution is 2.30. The van der Waals surface area contributed by atoms with Gasteiger partial charge in [0.1, 0.15) is 10.3 Å². The fraction of sp³-hybridized carbons (Fsp3) is 0. The quantitative estimate of drug-likeness (QED) is 0.647. The van der Waals surface area contributed by atoms with Crippen molar-refractivity contribution in [1.82, 2.24) is 9.78 Å². The number of carbonyl (C=O) groups excluding carboxylic acids is 1. The number of benzene rings is 2. The number of aldehydes is 1. The van der Waals surface area contributed by atoms with Crippen LogP contribution in [0.4, 0.5) is 8.78 Å². The molecule has 0 aliphatic rings. The van der Waals surface area contributed by atoms with Crippen LogP contribution in [-0.2, 0) is 0 Å². The summed E-state index contributed by atoms with van der Waals surface area (Å²) in [5.74, 6) is -1.92. The fourth-order valence-corrected chi connectivity index (χ4v) is 2.68. The number of carbonyl (C=O) groups is 1. The number of hydrogen-bond donors (Lipinski definition) is 0. The second-order valence-electron chi connectivity index (χ2n) is 4.55. The molecule has 0 amide bonds. The van der Waals surface area contributed by atoms with Gasteiger partial charge in [-0.25, -0.2) is 13.5 Å². The molecule has 6 heteroatoms. The van der Waals surface area contributed by atoms with Gasteiger partial charge in [-0.2, -0.15) is 5.10 Å². The molecule has 0 spiro atoms. The molecule has 0 fully saturated rings. The Morgan fingerprint density at radius 1 is 1.05 bits per heavy atom. The van der Waals surface area contributed by atoms with Crippen molar-refractivity contribution in [2.75, 3.05) is 0 Å². The maximum atomic E-state index is 13.4. The van der Waals surface area contributed by atoms with Crippen LogP contribution >= 0.6 is 15.9 Å². The predicted molar refractivity (Wildman–Crippen MR) is 82.0 cm³/mol. The standard InChI is InChI=1S/C16H9BrF2N2O/c17-16-12(9-22)15(10-4-2-1-3-5-10)20-21(16)11-6-7-13(18)14(19)8-11/h1-9H. The van der Waals surface area contributed by atoms with Gasteiger partial charge in [0.25, 0.3) is 0 Å². The monoisotopic (exact) mass is 362 g/mol. The van der Waals surface area contributed by atoms with Gasteiger partial charge in [0.2, 0.25) is 0 Å². The zero-order valence-electron chi connectivity index (χ0n) is 11.1. The van der Waals surface area contributed by atoms with Crippen molar-refractivity contribution in [1.29, 1.82) is 0 Å². The lowest BCUT2D eigenvalue weighted by atomic mass is 10.1. The number of hydrogen-bond acceptors (Lipinski definition) is 2. The topological polar surface area (TPSA) is 34.9 Å². The van der Waals surface area contributed by atoms with E-state index >= 15 is 0 Å². The van der Waals surface area contributed by atoms with E-state index in [0.29, 0.717) is 27.8 Å². The van der Waals surface area contributed by atoms with E-state index in [2.05, 4.69) is 21.0 Å². The van der Waals surface area contributed by atoms with Crippen molar-refractivity contribution in [2.45, 2.75) is 0 Å². The molecule has 0 saturated heterocycles. The van der Waals surface area contributed by atoms with Crippen molar-refractivity contribution < 1.29 is 13.6 Å². The smallest absolute Gasteiger partial charge is 0.160 e. The van der Waals surface area contributed by atoms with Crippen molar-refractivity contribution in [3.63, 3.8) is 0 Å². The summed E-state index contributed by atoms with van der Waals surface area (Å²) in [5, 5.41) is 4.34. The normalized spacial score (nSPS) is 10.7. The van der Waals surface area contributed by atoms with Crippen LogP contribution in [-0.4, -0.2) is 16.1 Å². The van der Waals surface area contributed by atoms with Gasteiger partial charge in [0.05, 0.1) is 11.3 Å². The lowest BCUT2D eigenvalue weighted by Gasteiger charge is -2.03. The molecule has 0 saturated carbocycles. The van der Waals surface area contributed by atoms with Crippen molar-refractivity contribution in [3.8, 4) is 16.9 Å². The molecule has 0 atom stereocenters. The lowest BCUT2D eigenvalue weighted by Crippen LogP contribution is -1.99. The van der Waals surface area contributed by atoms with Crippen molar-refractivity contribution in [2.24, 2.45) is 0 Å². The molecule has 3 rings (SSSR count). The van der Waals surface area contributed by atoms with Crippen LogP contribution in [0.1, 0.15) is 10.4 Å². The first-order valence-electron chi connectivity index (χ1n) is 6.36. The molecule has 1 heterocycles. The van der Waals surface area contributed by atoms with E-state index in [4.69, 9.17) is 0 Å². The van der Waals surface area contributed by atoms with Gasteiger partial charge < -0.3 is 0 Å². The van der Waals surface area contributed by atoms with Crippen LogP contribution in [0.2, 0.25) is 0 Å². The summed E-state index contributed by atoms with van der Waals surface area (Å²) >= 11 is 3.29. The Kier molecular flexibility index (Phi) is 3.85. The summed E-state index contributed by atoms with van der Waals surface area (Å²) < 4.78 is 28.2. The molecule has 0 radical (unpaired) electrons. The minimum Gasteiger partial charge on any atom is -0.298 e. The van der Waals surface area contributed by atoms with Gasteiger partial charge >= 0.3 is 0 Å². The van der Waals surface area contributed by atoms with Gasteiger partial charge in [0.15, 0.2) is 17.9 Å². The molecule has 0 aliphatic heterocycles. The molecule has 2 aromatic carbocycles. The van der Waals surface area contributed by atoms with E-state index in [0.717, 1.165) is 17.7 Å².